The van der Waals surface area contributed by atoms with Gasteiger partial charge in [-0.2, -0.15) is 0 Å². The summed E-state index contributed by atoms with van der Waals surface area (Å²) in [5.41, 5.74) is 7.22. The third-order valence-corrected chi connectivity index (χ3v) is 4.62. The van der Waals surface area contributed by atoms with E-state index in [9.17, 15) is 0 Å². The van der Waals surface area contributed by atoms with Gasteiger partial charge >= 0.3 is 0 Å². The standard InChI is InChI=1S/C14H21N3OS/c1-7(2)9(4)18-6-11-16-13(15)12-8(3)10(5)19-14(12)17-11/h7,9H,6H2,1-5H3,(H2,15,16,17). The first-order valence-corrected chi connectivity index (χ1v) is 7.35. The van der Waals surface area contributed by atoms with Crippen molar-refractivity contribution in [2.75, 3.05) is 5.73 Å². The fourth-order valence-corrected chi connectivity index (χ4v) is 2.85. The van der Waals surface area contributed by atoms with Crippen LogP contribution in [0.5, 0.6) is 0 Å². The number of hydrogen-bond donors (Lipinski definition) is 1. The number of hydrogen-bond acceptors (Lipinski definition) is 5. The molecular formula is C14H21N3OS. The van der Waals surface area contributed by atoms with Gasteiger partial charge in [-0.25, -0.2) is 9.97 Å². The quantitative estimate of drug-likeness (QED) is 0.931. The summed E-state index contributed by atoms with van der Waals surface area (Å²) >= 11 is 1.66. The zero-order valence-electron chi connectivity index (χ0n) is 12.2. The highest BCUT2D eigenvalue weighted by Crippen LogP contribution is 2.31. The second-order valence-electron chi connectivity index (χ2n) is 5.25. The number of aryl methyl sites for hydroxylation is 2. The van der Waals surface area contributed by atoms with Gasteiger partial charge in [-0.15, -0.1) is 11.3 Å². The van der Waals surface area contributed by atoms with Crippen molar-refractivity contribution in [3.05, 3.63) is 16.3 Å². The van der Waals surface area contributed by atoms with Crippen LogP contribution in [0.3, 0.4) is 0 Å². The van der Waals surface area contributed by atoms with Gasteiger partial charge < -0.3 is 10.5 Å². The molecule has 0 spiro atoms. The maximum Gasteiger partial charge on any atom is 0.158 e. The minimum atomic E-state index is 0.187. The molecule has 0 saturated heterocycles. The minimum absolute atomic E-state index is 0.187. The third kappa shape index (κ3) is 2.87. The van der Waals surface area contributed by atoms with E-state index in [0.29, 0.717) is 24.2 Å². The first kappa shape index (κ1) is 14.2. The fraction of sp³-hybridized carbons (Fsp3) is 0.571. The second kappa shape index (κ2) is 5.43. The maximum atomic E-state index is 6.04. The zero-order valence-corrected chi connectivity index (χ0v) is 13.0. The van der Waals surface area contributed by atoms with E-state index >= 15 is 0 Å². The molecule has 0 aliphatic heterocycles. The molecule has 5 heteroatoms. The van der Waals surface area contributed by atoms with Gasteiger partial charge in [0, 0.05) is 4.88 Å². The van der Waals surface area contributed by atoms with Gasteiger partial charge in [-0.3, -0.25) is 0 Å². The van der Waals surface area contributed by atoms with E-state index in [2.05, 4.69) is 44.6 Å². The van der Waals surface area contributed by atoms with Crippen LogP contribution in [0.15, 0.2) is 0 Å². The van der Waals surface area contributed by atoms with E-state index in [4.69, 9.17) is 10.5 Å². The number of rotatable bonds is 4. The van der Waals surface area contributed by atoms with Gasteiger partial charge in [-0.05, 0) is 32.3 Å². The maximum absolute atomic E-state index is 6.04. The molecule has 1 unspecified atom stereocenters. The molecule has 2 aromatic rings. The van der Waals surface area contributed by atoms with Crippen LogP contribution in [0, 0.1) is 19.8 Å². The van der Waals surface area contributed by atoms with E-state index in [0.717, 1.165) is 10.2 Å². The van der Waals surface area contributed by atoms with Crippen LogP contribution in [-0.2, 0) is 11.3 Å². The molecule has 0 aliphatic carbocycles. The number of anilines is 1. The van der Waals surface area contributed by atoms with Crippen molar-refractivity contribution in [3.63, 3.8) is 0 Å². The number of thiophene rings is 1. The Labute approximate surface area is 118 Å². The molecule has 2 heterocycles. The highest BCUT2D eigenvalue weighted by molar-refractivity contribution is 7.18. The van der Waals surface area contributed by atoms with Gasteiger partial charge in [0.15, 0.2) is 5.82 Å². The zero-order chi connectivity index (χ0) is 14.2. The van der Waals surface area contributed by atoms with Crippen LogP contribution in [0.4, 0.5) is 5.82 Å². The summed E-state index contributed by atoms with van der Waals surface area (Å²) < 4.78 is 5.75. The topological polar surface area (TPSA) is 61.0 Å². The lowest BCUT2D eigenvalue weighted by Gasteiger charge is -2.15. The van der Waals surface area contributed by atoms with Gasteiger partial charge in [0.2, 0.25) is 0 Å². The smallest absolute Gasteiger partial charge is 0.158 e. The third-order valence-electron chi connectivity index (χ3n) is 3.52. The summed E-state index contributed by atoms with van der Waals surface area (Å²) in [6, 6.07) is 0. The fourth-order valence-electron chi connectivity index (χ4n) is 1.79. The molecule has 0 bridgehead atoms. The van der Waals surface area contributed by atoms with Crippen LogP contribution in [0.25, 0.3) is 10.2 Å². The molecule has 0 amide bonds. The van der Waals surface area contributed by atoms with Crippen LogP contribution in [-0.4, -0.2) is 16.1 Å². The van der Waals surface area contributed by atoms with Crippen LogP contribution in [0.2, 0.25) is 0 Å². The molecule has 1 atom stereocenters. The predicted molar refractivity (Wildman–Crippen MR) is 80.4 cm³/mol. The Kier molecular flexibility index (Phi) is 4.06. The average Bonchev–Trinajstić information content (AvgIpc) is 2.62. The summed E-state index contributed by atoms with van der Waals surface area (Å²) in [5.74, 6) is 1.70. The Morgan fingerprint density at radius 1 is 1.21 bits per heavy atom. The van der Waals surface area contributed by atoms with Gasteiger partial charge in [-0.1, -0.05) is 13.8 Å². The number of aromatic nitrogens is 2. The molecule has 0 saturated carbocycles. The summed E-state index contributed by atoms with van der Waals surface area (Å²) in [7, 11) is 0. The van der Waals surface area contributed by atoms with Crippen LogP contribution in [0.1, 0.15) is 37.0 Å². The Bertz CT molecular complexity index is 592. The molecule has 104 valence electrons. The largest absolute Gasteiger partial charge is 0.383 e. The number of ether oxygens (including phenoxy) is 1. The summed E-state index contributed by atoms with van der Waals surface area (Å²) in [5, 5.41) is 0.989. The Hall–Kier alpha value is -1.20. The normalized spacial score (nSPS) is 13.4. The lowest BCUT2D eigenvalue weighted by molar-refractivity contribution is 0.0202. The molecule has 4 nitrogen and oxygen atoms in total. The van der Waals surface area contributed by atoms with Crippen molar-refractivity contribution in [1.82, 2.24) is 9.97 Å². The molecule has 0 aliphatic rings. The summed E-state index contributed by atoms with van der Waals surface area (Å²) in [6.07, 6.45) is 0.187. The van der Waals surface area contributed by atoms with Crippen molar-refractivity contribution < 1.29 is 4.74 Å². The van der Waals surface area contributed by atoms with Gasteiger partial charge in [0.05, 0.1) is 11.5 Å². The Morgan fingerprint density at radius 3 is 2.53 bits per heavy atom. The molecule has 19 heavy (non-hydrogen) atoms. The number of fused-ring (bicyclic) bond motifs is 1. The van der Waals surface area contributed by atoms with Gasteiger partial charge in [0.25, 0.3) is 0 Å². The van der Waals surface area contributed by atoms with Crippen molar-refractivity contribution in [2.45, 2.75) is 47.3 Å². The van der Waals surface area contributed by atoms with Crippen molar-refractivity contribution in [3.8, 4) is 0 Å². The van der Waals surface area contributed by atoms with Crippen molar-refractivity contribution >= 4 is 27.4 Å². The van der Waals surface area contributed by atoms with Crippen LogP contribution < -0.4 is 5.73 Å². The molecule has 0 aromatic carbocycles. The van der Waals surface area contributed by atoms with Crippen LogP contribution >= 0.6 is 11.3 Å². The predicted octanol–water partition coefficient (Wildman–Crippen LogP) is 3.45. The average molecular weight is 279 g/mol. The van der Waals surface area contributed by atoms with E-state index in [1.165, 1.54) is 10.4 Å². The van der Waals surface area contributed by atoms with Crippen molar-refractivity contribution in [2.24, 2.45) is 5.92 Å². The Morgan fingerprint density at radius 2 is 1.89 bits per heavy atom. The molecule has 2 rings (SSSR count). The molecule has 0 radical (unpaired) electrons. The van der Waals surface area contributed by atoms with Gasteiger partial charge in [0.1, 0.15) is 17.3 Å². The highest BCUT2D eigenvalue weighted by atomic mass is 32.1. The summed E-state index contributed by atoms with van der Waals surface area (Å²) in [6.45, 7) is 10.9. The van der Waals surface area contributed by atoms with E-state index in [-0.39, 0.29) is 6.10 Å². The molecule has 2 N–H and O–H groups in total. The monoisotopic (exact) mass is 279 g/mol. The first-order valence-electron chi connectivity index (χ1n) is 6.53. The molecule has 0 fully saturated rings. The van der Waals surface area contributed by atoms with E-state index in [1.54, 1.807) is 11.3 Å². The minimum Gasteiger partial charge on any atom is -0.383 e. The lowest BCUT2D eigenvalue weighted by Crippen LogP contribution is -2.16. The van der Waals surface area contributed by atoms with E-state index < -0.39 is 0 Å². The number of nitrogens with two attached hydrogens (primary N) is 1. The Balaban J connectivity index is 2.26. The van der Waals surface area contributed by atoms with E-state index in [1.807, 2.05) is 0 Å². The highest BCUT2D eigenvalue weighted by Gasteiger charge is 2.14. The second-order valence-corrected chi connectivity index (χ2v) is 6.45. The SMILES string of the molecule is Cc1sc2nc(COC(C)C(C)C)nc(N)c2c1C. The first-order chi connectivity index (χ1) is 8.90. The molecular weight excluding hydrogens is 258 g/mol. The summed E-state index contributed by atoms with van der Waals surface area (Å²) in [4.78, 5) is 11.1. The van der Waals surface area contributed by atoms with Crippen molar-refractivity contribution in [1.29, 1.82) is 0 Å². The lowest BCUT2D eigenvalue weighted by atomic mass is 10.1. The number of nitrogen functional groups attached to an aromatic ring is 1. The number of nitrogens with zero attached hydrogens (tertiary/aromatic N) is 2. The molecule has 2 aromatic heterocycles.